The summed E-state index contributed by atoms with van der Waals surface area (Å²) in [5.41, 5.74) is 2.62. The minimum Gasteiger partial charge on any atom is -0.384 e. The van der Waals surface area contributed by atoms with Gasteiger partial charge in [-0.3, -0.25) is 0 Å². The Bertz CT molecular complexity index is 727. The second kappa shape index (κ2) is 6.92. The third-order valence-electron chi connectivity index (χ3n) is 3.47. The van der Waals surface area contributed by atoms with Crippen LogP contribution in [0, 0.1) is 5.82 Å². The topological polar surface area (TPSA) is 46.2 Å². The maximum atomic E-state index is 12.9. The van der Waals surface area contributed by atoms with Gasteiger partial charge in [0.1, 0.15) is 5.82 Å². The van der Waals surface area contributed by atoms with E-state index < -0.39 is 9.84 Å². The van der Waals surface area contributed by atoms with Crippen molar-refractivity contribution in [1.29, 1.82) is 0 Å². The predicted octanol–water partition coefficient (Wildman–Crippen LogP) is 3.59. The number of rotatable bonds is 6. The van der Waals surface area contributed by atoms with Gasteiger partial charge < -0.3 is 5.32 Å². The molecular weight excluding hydrogens is 301 g/mol. The largest absolute Gasteiger partial charge is 0.384 e. The molecule has 118 valence electrons. The Balaban J connectivity index is 2.06. The van der Waals surface area contributed by atoms with Gasteiger partial charge in [0.05, 0.1) is 5.75 Å². The molecule has 2 rings (SSSR count). The average Bonchev–Trinajstić information content (AvgIpc) is 2.45. The number of benzene rings is 2. The van der Waals surface area contributed by atoms with Crippen molar-refractivity contribution in [3.8, 4) is 0 Å². The van der Waals surface area contributed by atoms with Gasteiger partial charge in [-0.2, -0.15) is 0 Å². The van der Waals surface area contributed by atoms with Crippen molar-refractivity contribution < 1.29 is 12.8 Å². The lowest BCUT2D eigenvalue weighted by molar-refractivity contribution is 0.601. The SMILES string of the molecule is C[C@H](CNc1ccccc1CS(C)(=O)=O)c1ccc(F)cc1. The van der Waals surface area contributed by atoms with Crippen LogP contribution in [0.15, 0.2) is 48.5 Å². The number of halogens is 1. The van der Waals surface area contributed by atoms with Crippen molar-refractivity contribution in [1.82, 2.24) is 0 Å². The second-order valence-corrected chi connectivity index (χ2v) is 7.70. The molecule has 0 heterocycles. The molecule has 0 aliphatic carbocycles. The molecule has 0 aliphatic rings. The summed E-state index contributed by atoms with van der Waals surface area (Å²) < 4.78 is 35.9. The molecule has 0 saturated heterocycles. The Morgan fingerprint density at radius 2 is 1.73 bits per heavy atom. The van der Waals surface area contributed by atoms with Crippen LogP contribution in [0.1, 0.15) is 24.0 Å². The van der Waals surface area contributed by atoms with Crippen LogP contribution in [0.3, 0.4) is 0 Å². The molecule has 0 spiro atoms. The first-order valence-electron chi connectivity index (χ1n) is 7.10. The fraction of sp³-hybridized carbons (Fsp3) is 0.294. The van der Waals surface area contributed by atoms with Crippen LogP contribution in [0.25, 0.3) is 0 Å². The van der Waals surface area contributed by atoms with Crippen LogP contribution >= 0.6 is 0 Å². The van der Waals surface area contributed by atoms with Crippen molar-refractivity contribution in [3.05, 3.63) is 65.5 Å². The standard InChI is InChI=1S/C17H20FNO2S/c1-13(14-7-9-16(18)10-8-14)11-19-17-6-4-3-5-15(17)12-22(2,20)21/h3-10,13,19H,11-12H2,1-2H3/t13-/m1/s1. The summed E-state index contributed by atoms with van der Waals surface area (Å²) in [6, 6.07) is 13.8. The van der Waals surface area contributed by atoms with Crippen LogP contribution in [-0.4, -0.2) is 21.2 Å². The Morgan fingerprint density at radius 1 is 1.09 bits per heavy atom. The first kappa shape index (κ1) is 16.5. The molecule has 3 nitrogen and oxygen atoms in total. The van der Waals surface area contributed by atoms with E-state index in [0.717, 1.165) is 16.8 Å². The normalized spacial score (nSPS) is 12.9. The number of anilines is 1. The van der Waals surface area contributed by atoms with Crippen LogP contribution in [0.4, 0.5) is 10.1 Å². The lowest BCUT2D eigenvalue weighted by Crippen LogP contribution is -2.12. The zero-order valence-corrected chi connectivity index (χ0v) is 13.5. The first-order valence-corrected chi connectivity index (χ1v) is 9.16. The van der Waals surface area contributed by atoms with E-state index in [0.29, 0.717) is 6.54 Å². The molecule has 2 aromatic rings. The number of sulfone groups is 1. The highest BCUT2D eigenvalue weighted by atomic mass is 32.2. The third kappa shape index (κ3) is 4.84. The van der Waals surface area contributed by atoms with Gasteiger partial charge in [-0.25, -0.2) is 12.8 Å². The highest BCUT2D eigenvalue weighted by Crippen LogP contribution is 2.21. The van der Waals surface area contributed by atoms with Gasteiger partial charge in [-0.05, 0) is 35.2 Å². The minimum absolute atomic E-state index is 0.0150. The third-order valence-corrected chi connectivity index (χ3v) is 4.31. The molecule has 2 aromatic carbocycles. The van der Waals surface area contributed by atoms with Crippen molar-refractivity contribution in [2.75, 3.05) is 18.1 Å². The number of hydrogen-bond donors (Lipinski definition) is 1. The highest BCUT2D eigenvalue weighted by molar-refractivity contribution is 7.89. The zero-order valence-electron chi connectivity index (χ0n) is 12.7. The summed E-state index contributed by atoms with van der Waals surface area (Å²) in [6.07, 6.45) is 1.23. The molecule has 0 aliphatic heterocycles. The molecule has 0 fully saturated rings. The number of nitrogens with one attached hydrogen (secondary N) is 1. The van der Waals surface area contributed by atoms with Crippen molar-refractivity contribution in [2.24, 2.45) is 0 Å². The van der Waals surface area contributed by atoms with E-state index in [4.69, 9.17) is 0 Å². The molecule has 0 aromatic heterocycles. The van der Waals surface area contributed by atoms with E-state index in [1.807, 2.05) is 31.2 Å². The Labute approximate surface area is 131 Å². The minimum atomic E-state index is -3.08. The van der Waals surface area contributed by atoms with Gasteiger partial charge in [0.2, 0.25) is 0 Å². The van der Waals surface area contributed by atoms with Gasteiger partial charge in [0.15, 0.2) is 9.84 Å². The van der Waals surface area contributed by atoms with Crippen LogP contribution in [0.5, 0.6) is 0 Å². The van der Waals surface area contributed by atoms with Gasteiger partial charge in [0.25, 0.3) is 0 Å². The van der Waals surface area contributed by atoms with E-state index in [1.54, 1.807) is 12.1 Å². The van der Waals surface area contributed by atoms with E-state index >= 15 is 0 Å². The molecule has 0 saturated carbocycles. The molecule has 1 N–H and O–H groups in total. The van der Waals surface area contributed by atoms with Crippen molar-refractivity contribution in [3.63, 3.8) is 0 Å². The maximum absolute atomic E-state index is 12.9. The summed E-state index contributed by atoms with van der Waals surface area (Å²) >= 11 is 0. The molecule has 0 radical (unpaired) electrons. The molecule has 0 unspecified atom stereocenters. The lowest BCUT2D eigenvalue weighted by atomic mass is 10.0. The van der Waals surface area contributed by atoms with Crippen LogP contribution in [0.2, 0.25) is 0 Å². The fourth-order valence-electron chi connectivity index (χ4n) is 2.27. The van der Waals surface area contributed by atoms with Gasteiger partial charge in [-0.1, -0.05) is 37.3 Å². The molecule has 22 heavy (non-hydrogen) atoms. The maximum Gasteiger partial charge on any atom is 0.151 e. The summed E-state index contributed by atoms with van der Waals surface area (Å²) in [5, 5.41) is 3.29. The van der Waals surface area contributed by atoms with E-state index in [1.165, 1.54) is 18.4 Å². The second-order valence-electron chi connectivity index (χ2n) is 5.56. The van der Waals surface area contributed by atoms with Crippen molar-refractivity contribution in [2.45, 2.75) is 18.6 Å². The Kier molecular flexibility index (Phi) is 5.19. The predicted molar refractivity (Wildman–Crippen MR) is 88.3 cm³/mol. The summed E-state index contributed by atoms with van der Waals surface area (Å²) in [4.78, 5) is 0. The Hall–Kier alpha value is -1.88. The zero-order chi connectivity index (χ0) is 16.2. The van der Waals surface area contributed by atoms with Crippen molar-refractivity contribution >= 4 is 15.5 Å². The highest BCUT2D eigenvalue weighted by Gasteiger charge is 2.10. The number of para-hydroxylation sites is 1. The summed E-state index contributed by atoms with van der Waals surface area (Å²) in [5.74, 6) is -0.0459. The lowest BCUT2D eigenvalue weighted by Gasteiger charge is -2.16. The van der Waals surface area contributed by atoms with E-state index in [9.17, 15) is 12.8 Å². The smallest absolute Gasteiger partial charge is 0.151 e. The summed E-state index contributed by atoms with van der Waals surface area (Å²) in [7, 11) is -3.08. The molecular formula is C17H20FNO2S. The van der Waals surface area contributed by atoms with E-state index in [-0.39, 0.29) is 17.5 Å². The van der Waals surface area contributed by atoms with Gasteiger partial charge in [0, 0.05) is 18.5 Å². The van der Waals surface area contributed by atoms with Gasteiger partial charge >= 0.3 is 0 Å². The molecule has 0 bridgehead atoms. The molecule has 1 atom stereocenters. The summed E-state index contributed by atoms with van der Waals surface area (Å²) in [6.45, 7) is 2.69. The number of hydrogen-bond acceptors (Lipinski definition) is 3. The molecule has 0 amide bonds. The Morgan fingerprint density at radius 3 is 2.36 bits per heavy atom. The van der Waals surface area contributed by atoms with Crippen LogP contribution < -0.4 is 5.32 Å². The fourth-order valence-corrected chi connectivity index (χ4v) is 3.09. The van der Waals surface area contributed by atoms with E-state index in [2.05, 4.69) is 5.32 Å². The first-order chi connectivity index (χ1) is 10.3. The molecule has 5 heteroatoms. The average molecular weight is 321 g/mol. The monoisotopic (exact) mass is 321 g/mol. The quantitative estimate of drug-likeness (QED) is 0.884. The van der Waals surface area contributed by atoms with Gasteiger partial charge in [-0.15, -0.1) is 0 Å². The van der Waals surface area contributed by atoms with Crippen LogP contribution in [-0.2, 0) is 15.6 Å².